The maximum Gasteiger partial charge on any atom is 0.0325 e. The second kappa shape index (κ2) is 7.17. The molecular formula is C15H24BrN. The van der Waals surface area contributed by atoms with Gasteiger partial charge in [0.15, 0.2) is 0 Å². The van der Waals surface area contributed by atoms with Gasteiger partial charge < -0.3 is 5.32 Å². The second-order valence-electron chi connectivity index (χ2n) is 4.81. The lowest BCUT2D eigenvalue weighted by Crippen LogP contribution is -2.23. The Balaban J connectivity index is 2.92. The first-order valence-electron chi connectivity index (χ1n) is 6.58. The lowest BCUT2D eigenvalue weighted by molar-refractivity contribution is 0.407. The Morgan fingerprint density at radius 1 is 1.29 bits per heavy atom. The van der Waals surface area contributed by atoms with Gasteiger partial charge in [-0.3, -0.25) is 0 Å². The molecule has 2 heteroatoms. The van der Waals surface area contributed by atoms with E-state index in [0.717, 1.165) is 12.5 Å². The minimum atomic E-state index is 0.479. The molecule has 0 aliphatic heterocycles. The molecule has 0 saturated carbocycles. The molecule has 1 N–H and O–H groups in total. The quantitative estimate of drug-likeness (QED) is 0.792. The SMILES string of the molecule is CCNC(CC(C)CC)c1cccc(Br)c1C. The molecule has 0 aliphatic rings. The van der Waals surface area contributed by atoms with Crippen LogP contribution in [-0.4, -0.2) is 6.54 Å². The zero-order chi connectivity index (χ0) is 12.8. The van der Waals surface area contributed by atoms with E-state index in [4.69, 9.17) is 0 Å². The van der Waals surface area contributed by atoms with Crippen molar-refractivity contribution in [1.82, 2.24) is 5.32 Å². The first-order valence-corrected chi connectivity index (χ1v) is 7.37. The van der Waals surface area contributed by atoms with E-state index in [9.17, 15) is 0 Å². The number of hydrogen-bond donors (Lipinski definition) is 1. The molecule has 0 bridgehead atoms. The van der Waals surface area contributed by atoms with Crippen molar-refractivity contribution >= 4 is 15.9 Å². The summed E-state index contributed by atoms with van der Waals surface area (Å²) in [6, 6.07) is 6.97. The molecule has 96 valence electrons. The van der Waals surface area contributed by atoms with Gasteiger partial charge >= 0.3 is 0 Å². The molecule has 0 heterocycles. The van der Waals surface area contributed by atoms with Crippen LogP contribution < -0.4 is 5.32 Å². The number of halogens is 1. The Morgan fingerprint density at radius 2 is 2.00 bits per heavy atom. The third kappa shape index (κ3) is 4.11. The summed E-state index contributed by atoms with van der Waals surface area (Å²) in [5.41, 5.74) is 2.79. The van der Waals surface area contributed by atoms with E-state index in [1.807, 2.05) is 0 Å². The maximum atomic E-state index is 3.62. The molecule has 0 aliphatic carbocycles. The highest BCUT2D eigenvalue weighted by atomic mass is 79.9. The molecule has 1 nitrogen and oxygen atoms in total. The fourth-order valence-electron chi connectivity index (χ4n) is 2.14. The molecule has 1 aromatic rings. The summed E-state index contributed by atoms with van der Waals surface area (Å²) in [7, 11) is 0. The summed E-state index contributed by atoms with van der Waals surface area (Å²) in [5.74, 6) is 0.762. The third-order valence-electron chi connectivity index (χ3n) is 3.47. The summed E-state index contributed by atoms with van der Waals surface area (Å²) in [6.07, 6.45) is 2.45. The lowest BCUT2D eigenvalue weighted by atomic mass is 9.92. The Kier molecular flexibility index (Phi) is 6.21. The van der Waals surface area contributed by atoms with E-state index >= 15 is 0 Å². The van der Waals surface area contributed by atoms with Crippen molar-refractivity contribution in [3.05, 3.63) is 33.8 Å². The molecule has 0 amide bonds. The Morgan fingerprint density at radius 3 is 2.59 bits per heavy atom. The van der Waals surface area contributed by atoms with Crippen molar-refractivity contribution in [2.24, 2.45) is 5.92 Å². The van der Waals surface area contributed by atoms with E-state index in [-0.39, 0.29) is 0 Å². The summed E-state index contributed by atoms with van der Waals surface area (Å²) in [4.78, 5) is 0. The average molecular weight is 298 g/mol. The molecule has 2 atom stereocenters. The summed E-state index contributed by atoms with van der Waals surface area (Å²) in [6.45, 7) is 9.99. The smallest absolute Gasteiger partial charge is 0.0325 e. The second-order valence-corrected chi connectivity index (χ2v) is 5.67. The van der Waals surface area contributed by atoms with Crippen LogP contribution in [0.5, 0.6) is 0 Å². The van der Waals surface area contributed by atoms with Crippen LogP contribution in [0.1, 0.15) is 50.8 Å². The van der Waals surface area contributed by atoms with Crippen LogP contribution in [0.3, 0.4) is 0 Å². The first-order chi connectivity index (χ1) is 8.10. The van der Waals surface area contributed by atoms with E-state index in [1.54, 1.807) is 0 Å². The fourth-order valence-corrected chi connectivity index (χ4v) is 2.52. The van der Waals surface area contributed by atoms with Crippen molar-refractivity contribution in [1.29, 1.82) is 0 Å². The highest BCUT2D eigenvalue weighted by Crippen LogP contribution is 2.29. The Bertz CT molecular complexity index is 349. The first kappa shape index (κ1) is 14.7. The normalized spacial score (nSPS) is 14.6. The maximum absolute atomic E-state index is 3.62. The number of nitrogens with one attached hydrogen (secondary N) is 1. The minimum absolute atomic E-state index is 0.479. The molecule has 0 saturated heterocycles. The van der Waals surface area contributed by atoms with Gasteiger partial charge in [0.05, 0.1) is 0 Å². The monoisotopic (exact) mass is 297 g/mol. The van der Waals surface area contributed by atoms with Gasteiger partial charge in [0.2, 0.25) is 0 Å². The van der Waals surface area contributed by atoms with Crippen LogP contribution in [0.4, 0.5) is 0 Å². The molecule has 1 aromatic carbocycles. The van der Waals surface area contributed by atoms with E-state index in [1.165, 1.54) is 28.4 Å². The van der Waals surface area contributed by atoms with Crippen LogP contribution in [-0.2, 0) is 0 Å². The minimum Gasteiger partial charge on any atom is -0.310 e. The number of hydrogen-bond acceptors (Lipinski definition) is 1. The molecule has 0 fully saturated rings. The molecule has 0 aromatic heterocycles. The van der Waals surface area contributed by atoms with Crippen molar-refractivity contribution < 1.29 is 0 Å². The summed E-state index contributed by atoms with van der Waals surface area (Å²) < 4.78 is 1.21. The van der Waals surface area contributed by atoms with Gasteiger partial charge in [-0.25, -0.2) is 0 Å². The zero-order valence-corrected chi connectivity index (χ0v) is 13.0. The molecule has 0 spiro atoms. The molecule has 17 heavy (non-hydrogen) atoms. The Hall–Kier alpha value is -0.340. The van der Waals surface area contributed by atoms with Crippen LogP contribution >= 0.6 is 15.9 Å². The van der Waals surface area contributed by atoms with E-state index in [2.05, 4.69) is 67.1 Å². The Labute approximate surface area is 114 Å². The standard InChI is InChI=1S/C15H24BrN/c1-5-11(3)10-15(17-6-2)13-8-7-9-14(16)12(13)4/h7-9,11,15,17H,5-6,10H2,1-4H3. The van der Waals surface area contributed by atoms with Crippen LogP contribution in [0.15, 0.2) is 22.7 Å². The fraction of sp³-hybridized carbons (Fsp3) is 0.600. The third-order valence-corrected chi connectivity index (χ3v) is 4.33. The topological polar surface area (TPSA) is 12.0 Å². The summed E-state index contributed by atoms with van der Waals surface area (Å²) >= 11 is 3.62. The zero-order valence-electron chi connectivity index (χ0n) is 11.4. The van der Waals surface area contributed by atoms with Gasteiger partial charge in [0.1, 0.15) is 0 Å². The predicted molar refractivity (Wildman–Crippen MR) is 79.4 cm³/mol. The lowest BCUT2D eigenvalue weighted by Gasteiger charge is -2.23. The van der Waals surface area contributed by atoms with E-state index < -0.39 is 0 Å². The number of rotatable bonds is 6. The molecule has 2 unspecified atom stereocenters. The van der Waals surface area contributed by atoms with Crippen LogP contribution in [0, 0.1) is 12.8 Å². The van der Waals surface area contributed by atoms with Crippen molar-refractivity contribution in [2.75, 3.05) is 6.54 Å². The van der Waals surface area contributed by atoms with Gasteiger partial charge in [-0.2, -0.15) is 0 Å². The summed E-state index contributed by atoms with van der Waals surface area (Å²) in [5, 5.41) is 3.61. The average Bonchev–Trinajstić information content (AvgIpc) is 2.32. The van der Waals surface area contributed by atoms with Gasteiger partial charge in [0.25, 0.3) is 0 Å². The van der Waals surface area contributed by atoms with Crippen molar-refractivity contribution in [3.8, 4) is 0 Å². The van der Waals surface area contributed by atoms with Gasteiger partial charge in [-0.15, -0.1) is 0 Å². The number of benzene rings is 1. The molecule has 1 rings (SSSR count). The largest absolute Gasteiger partial charge is 0.310 e. The molecule has 0 radical (unpaired) electrons. The van der Waals surface area contributed by atoms with Crippen molar-refractivity contribution in [2.45, 2.75) is 46.6 Å². The highest BCUT2D eigenvalue weighted by molar-refractivity contribution is 9.10. The highest BCUT2D eigenvalue weighted by Gasteiger charge is 2.16. The molecular weight excluding hydrogens is 274 g/mol. The van der Waals surface area contributed by atoms with Gasteiger partial charge in [-0.05, 0) is 43.0 Å². The van der Waals surface area contributed by atoms with E-state index in [0.29, 0.717) is 6.04 Å². The van der Waals surface area contributed by atoms with Crippen LogP contribution in [0.25, 0.3) is 0 Å². The van der Waals surface area contributed by atoms with Gasteiger partial charge in [0, 0.05) is 10.5 Å². The van der Waals surface area contributed by atoms with Crippen LogP contribution in [0.2, 0.25) is 0 Å². The van der Waals surface area contributed by atoms with Gasteiger partial charge in [-0.1, -0.05) is 55.3 Å². The van der Waals surface area contributed by atoms with Crippen molar-refractivity contribution in [3.63, 3.8) is 0 Å². The predicted octanol–water partition coefficient (Wildman–Crippen LogP) is 4.84.